The molecule has 0 amide bonds. The van der Waals surface area contributed by atoms with E-state index < -0.39 is 0 Å². The average Bonchev–Trinajstić information content (AvgIpc) is 3.01. The quantitative estimate of drug-likeness (QED) is 0.562. The second-order valence-electron chi connectivity index (χ2n) is 5.94. The van der Waals surface area contributed by atoms with Crippen LogP contribution in [0, 0.1) is 0 Å². The average molecular weight is 352 g/mol. The molecule has 0 spiro atoms. The third-order valence-corrected chi connectivity index (χ3v) is 4.12. The van der Waals surface area contributed by atoms with Gasteiger partial charge in [-0.25, -0.2) is 0 Å². The van der Waals surface area contributed by atoms with Crippen LogP contribution in [0.5, 0.6) is 11.5 Å². The maximum absolute atomic E-state index is 12.2. The fourth-order valence-electron chi connectivity index (χ4n) is 2.94. The number of hydrogen-bond acceptors (Lipinski definition) is 5. The number of carbonyl (C=O) groups excluding carboxylic acids is 2. The fraction of sp³-hybridized carbons (Fsp3) is 0.238. The van der Waals surface area contributed by atoms with Gasteiger partial charge in [-0.1, -0.05) is 42.5 Å². The molecule has 1 heterocycles. The van der Waals surface area contributed by atoms with Gasteiger partial charge in [0.05, 0.1) is 0 Å². The number of fused-ring (bicyclic) bond motifs is 1. The summed E-state index contributed by atoms with van der Waals surface area (Å²) in [6.45, 7) is 1.43. The van der Waals surface area contributed by atoms with Crippen molar-refractivity contribution in [3.8, 4) is 11.5 Å². The van der Waals surface area contributed by atoms with E-state index in [4.69, 9.17) is 14.2 Å². The highest BCUT2D eigenvalue weighted by molar-refractivity contribution is 6.07. The molecule has 0 saturated heterocycles. The van der Waals surface area contributed by atoms with Crippen molar-refractivity contribution in [1.82, 2.24) is 0 Å². The predicted octanol–water partition coefficient (Wildman–Crippen LogP) is 3.70. The lowest BCUT2D eigenvalue weighted by atomic mass is 9.95. The number of ketones is 2. The molecule has 26 heavy (non-hydrogen) atoms. The maximum Gasteiger partial charge on any atom is 0.207 e. The van der Waals surface area contributed by atoms with Crippen LogP contribution < -0.4 is 9.47 Å². The summed E-state index contributed by atoms with van der Waals surface area (Å²) in [7, 11) is 1.50. The van der Waals surface area contributed by atoms with E-state index >= 15 is 0 Å². The standard InChI is InChI=1S/C21H20O5/c1-14(22)17-11-19-20(18(23)12-25-19)21(26-13-24-2)16(17)10-6-9-15-7-4-3-5-8-15/h3-9,11H,10,12-13H2,1-2H3/b9-6+. The number of carbonyl (C=O) groups is 2. The summed E-state index contributed by atoms with van der Waals surface area (Å²) in [4.78, 5) is 24.4. The molecule has 5 nitrogen and oxygen atoms in total. The van der Waals surface area contributed by atoms with Crippen molar-refractivity contribution >= 4 is 17.6 Å². The van der Waals surface area contributed by atoms with Crippen molar-refractivity contribution in [2.75, 3.05) is 20.5 Å². The van der Waals surface area contributed by atoms with Gasteiger partial charge in [-0.15, -0.1) is 0 Å². The Kier molecular flexibility index (Phi) is 5.49. The zero-order valence-corrected chi connectivity index (χ0v) is 14.8. The Hall–Kier alpha value is -2.92. The Labute approximate surface area is 152 Å². The predicted molar refractivity (Wildman–Crippen MR) is 98.0 cm³/mol. The van der Waals surface area contributed by atoms with Crippen LogP contribution in [-0.2, 0) is 11.2 Å². The summed E-state index contributed by atoms with van der Waals surface area (Å²) in [6, 6.07) is 11.5. The van der Waals surface area contributed by atoms with Crippen molar-refractivity contribution in [1.29, 1.82) is 0 Å². The van der Waals surface area contributed by atoms with E-state index in [2.05, 4.69) is 0 Å². The summed E-state index contributed by atoms with van der Waals surface area (Å²) in [5.74, 6) is 0.493. The minimum Gasteiger partial charge on any atom is -0.485 e. The van der Waals surface area contributed by atoms with Gasteiger partial charge in [-0.2, -0.15) is 0 Å². The number of ether oxygens (including phenoxy) is 3. The number of methoxy groups -OCH3 is 1. The fourth-order valence-corrected chi connectivity index (χ4v) is 2.94. The third-order valence-electron chi connectivity index (χ3n) is 4.12. The van der Waals surface area contributed by atoms with Gasteiger partial charge in [0.15, 0.2) is 19.2 Å². The van der Waals surface area contributed by atoms with E-state index in [9.17, 15) is 9.59 Å². The molecular weight excluding hydrogens is 332 g/mol. The van der Waals surface area contributed by atoms with Crippen LogP contribution in [0.2, 0.25) is 0 Å². The molecule has 0 aromatic heterocycles. The Balaban J connectivity index is 2.03. The smallest absolute Gasteiger partial charge is 0.207 e. The second kappa shape index (κ2) is 7.97. The van der Waals surface area contributed by atoms with Crippen molar-refractivity contribution < 1.29 is 23.8 Å². The number of benzene rings is 2. The molecule has 0 bridgehead atoms. The van der Waals surface area contributed by atoms with Crippen molar-refractivity contribution in [2.24, 2.45) is 0 Å². The van der Waals surface area contributed by atoms with Crippen LogP contribution in [0.1, 0.15) is 38.8 Å². The monoisotopic (exact) mass is 352 g/mol. The normalized spacial score (nSPS) is 12.9. The van der Waals surface area contributed by atoms with Gasteiger partial charge in [0, 0.05) is 18.2 Å². The zero-order valence-electron chi connectivity index (χ0n) is 14.8. The van der Waals surface area contributed by atoms with Crippen molar-refractivity contribution in [2.45, 2.75) is 13.3 Å². The molecule has 0 aliphatic carbocycles. The summed E-state index contributed by atoms with van der Waals surface area (Å²) >= 11 is 0. The van der Waals surface area contributed by atoms with Gasteiger partial charge in [-0.3, -0.25) is 9.59 Å². The lowest BCUT2D eigenvalue weighted by molar-refractivity contribution is 0.0496. The first-order valence-corrected chi connectivity index (χ1v) is 8.32. The van der Waals surface area contributed by atoms with Gasteiger partial charge < -0.3 is 14.2 Å². The highest BCUT2D eigenvalue weighted by atomic mass is 16.7. The van der Waals surface area contributed by atoms with Crippen LogP contribution >= 0.6 is 0 Å². The van der Waals surface area contributed by atoms with Crippen molar-refractivity contribution in [3.63, 3.8) is 0 Å². The van der Waals surface area contributed by atoms with E-state index in [1.165, 1.54) is 14.0 Å². The van der Waals surface area contributed by atoms with E-state index in [-0.39, 0.29) is 25.0 Å². The summed E-state index contributed by atoms with van der Waals surface area (Å²) in [6.07, 6.45) is 4.36. The highest BCUT2D eigenvalue weighted by Gasteiger charge is 2.30. The Morgan fingerprint density at radius 1 is 1.27 bits per heavy atom. The molecule has 134 valence electrons. The Morgan fingerprint density at radius 3 is 2.73 bits per heavy atom. The lowest BCUT2D eigenvalue weighted by Gasteiger charge is -2.16. The molecule has 0 N–H and O–H groups in total. The summed E-state index contributed by atoms with van der Waals surface area (Å²) in [5, 5.41) is 0. The van der Waals surface area contributed by atoms with E-state index in [1.807, 2.05) is 42.5 Å². The van der Waals surface area contributed by atoms with E-state index in [0.29, 0.717) is 34.6 Å². The lowest BCUT2D eigenvalue weighted by Crippen LogP contribution is -2.10. The van der Waals surface area contributed by atoms with Gasteiger partial charge in [0.25, 0.3) is 0 Å². The summed E-state index contributed by atoms with van der Waals surface area (Å²) in [5.41, 5.74) is 2.59. The third kappa shape index (κ3) is 3.68. The number of allylic oxidation sites excluding steroid dienone is 1. The highest BCUT2D eigenvalue weighted by Crippen LogP contribution is 2.39. The van der Waals surface area contributed by atoms with Crippen LogP contribution in [0.3, 0.4) is 0 Å². The first kappa shape index (κ1) is 17.9. The zero-order chi connectivity index (χ0) is 18.5. The number of rotatable bonds is 7. The van der Waals surface area contributed by atoms with Gasteiger partial charge in [-0.05, 0) is 25.0 Å². The topological polar surface area (TPSA) is 61.8 Å². The molecule has 0 atom stereocenters. The van der Waals surface area contributed by atoms with Crippen molar-refractivity contribution in [3.05, 3.63) is 64.7 Å². The largest absolute Gasteiger partial charge is 0.485 e. The molecule has 3 rings (SSSR count). The van der Waals surface area contributed by atoms with Gasteiger partial charge in [0.2, 0.25) is 5.78 Å². The minimum atomic E-state index is -0.158. The molecule has 5 heteroatoms. The van der Waals surface area contributed by atoms with Crippen LogP contribution in [-0.4, -0.2) is 32.1 Å². The molecule has 2 aromatic rings. The van der Waals surface area contributed by atoms with Crippen LogP contribution in [0.4, 0.5) is 0 Å². The first-order chi connectivity index (χ1) is 12.6. The number of Topliss-reactive ketones (excluding diaryl/α,β-unsaturated/α-hetero) is 2. The van der Waals surface area contributed by atoms with Crippen LogP contribution in [0.25, 0.3) is 6.08 Å². The molecule has 2 aromatic carbocycles. The molecule has 1 aliphatic rings. The van der Waals surface area contributed by atoms with Crippen LogP contribution in [0.15, 0.2) is 42.5 Å². The molecule has 0 fully saturated rings. The minimum absolute atomic E-state index is 0.0174. The number of hydrogen-bond donors (Lipinski definition) is 0. The van der Waals surface area contributed by atoms with E-state index in [0.717, 1.165) is 5.56 Å². The SMILES string of the molecule is COCOc1c(C/C=C/c2ccccc2)c(C(C)=O)cc2c1C(=O)CO2. The van der Waals surface area contributed by atoms with E-state index in [1.54, 1.807) is 6.07 Å². The molecule has 1 aliphatic heterocycles. The van der Waals surface area contributed by atoms with Gasteiger partial charge >= 0.3 is 0 Å². The maximum atomic E-state index is 12.2. The molecule has 0 radical (unpaired) electrons. The molecule has 0 saturated carbocycles. The molecule has 0 unspecified atom stereocenters. The molecular formula is C21H20O5. The summed E-state index contributed by atoms with van der Waals surface area (Å²) < 4.78 is 16.1. The Bertz CT molecular complexity index is 852. The Morgan fingerprint density at radius 2 is 2.04 bits per heavy atom. The second-order valence-corrected chi connectivity index (χ2v) is 5.94. The van der Waals surface area contributed by atoms with Gasteiger partial charge in [0.1, 0.15) is 17.1 Å². The first-order valence-electron chi connectivity index (χ1n) is 8.32.